The quantitative estimate of drug-likeness (QED) is 0.848. The van der Waals surface area contributed by atoms with Crippen LogP contribution < -0.4 is 25.0 Å². The molecule has 1 fully saturated rings. The molecular weight excluding hydrogens is 344 g/mol. The van der Waals surface area contributed by atoms with Crippen LogP contribution in [-0.4, -0.2) is 57.0 Å². The zero-order valence-corrected chi connectivity index (χ0v) is 15.2. The number of hydrogen-bond acceptors (Lipinski definition) is 5. The summed E-state index contributed by atoms with van der Waals surface area (Å²) in [6.45, 7) is 5.70. The standard InChI is InChI=1S/C20H24N4O3/c25-20(22-16-6-7-18-19(14-16)27-15-26-18)21-8-9-23-10-12-24(13-11-23)17-4-2-1-3-5-17/h1-7,14H,8-13,15H2,(H2,21,22,25). The summed E-state index contributed by atoms with van der Waals surface area (Å²) in [5, 5.41) is 5.74. The first-order valence-electron chi connectivity index (χ1n) is 9.25. The molecule has 7 heteroatoms. The number of rotatable bonds is 5. The van der Waals surface area contributed by atoms with Gasteiger partial charge >= 0.3 is 6.03 Å². The molecule has 0 atom stereocenters. The molecule has 142 valence electrons. The monoisotopic (exact) mass is 368 g/mol. The number of para-hydroxylation sites is 1. The minimum Gasteiger partial charge on any atom is -0.454 e. The zero-order valence-electron chi connectivity index (χ0n) is 15.2. The van der Waals surface area contributed by atoms with E-state index in [1.807, 2.05) is 6.07 Å². The van der Waals surface area contributed by atoms with Crippen molar-refractivity contribution in [2.24, 2.45) is 0 Å². The van der Waals surface area contributed by atoms with Crippen LogP contribution in [0.25, 0.3) is 0 Å². The molecule has 2 amide bonds. The first kappa shape index (κ1) is 17.5. The Bertz CT molecular complexity index is 776. The van der Waals surface area contributed by atoms with Gasteiger partial charge in [0.1, 0.15) is 0 Å². The third kappa shape index (κ3) is 4.43. The Labute approximate surface area is 158 Å². The fraction of sp³-hybridized carbons (Fsp3) is 0.350. The van der Waals surface area contributed by atoms with Crippen molar-refractivity contribution in [3.63, 3.8) is 0 Å². The second kappa shape index (κ2) is 8.18. The Morgan fingerprint density at radius 1 is 0.963 bits per heavy atom. The van der Waals surface area contributed by atoms with Crippen LogP contribution in [0.2, 0.25) is 0 Å². The zero-order chi connectivity index (χ0) is 18.5. The summed E-state index contributed by atoms with van der Waals surface area (Å²) in [4.78, 5) is 16.8. The Morgan fingerprint density at radius 2 is 1.74 bits per heavy atom. The molecule has 4 rings (SSSR count). The maximum absolute atomic E-state index is 12.1. The lowest BCUT2D eigenvalue weighted by molar-refractivity contribution is 0.174. The number of carbonyl (C=O) groups is 1. The molecule has 0 aliphatic carbocycles. The van der Waals surface area contributed by atoms with Gasteiger partial charge in [-0.15, -0.1) is 0 Å². The van der Waals surface area contributed by atoms with Crippen molar-refractivity contribution in [2.75, 3.05) is 56.3 Å². The summed E-state index contributed by atoms with van der Waals surface area (Å²) in [5.74, 6) is 1.36. The van der Waals surface area contributed by atoms with Crippen molar-refractivity contribution in [1.82, 2.24) is 10.2 Å². The van der Waals surface area contributed by atoms with Crippen LogP contribution in [0.4, 0.5) is 16.2 Å². The summed E-state index contributed by atoms with van der Waals surface area (Å²) in [7, 11) is 0. The third-order valence-electron chi connectivity index (χ3n) is 4.84. The van der Waals surface area contributed by atoms with E-state index < -0.39 is 0 Å². The molecule has 2 aromatic carbocycles. The van der Waals surface area contributed by atoms with Gasteiger partial charge in [-0.05, 0) is 24.3 Å². The highest BCUT2D eigenvalue weighted by molar-refractivity contribution is 5.89. The number of anilines is 2. The van der Waals surface area contributed by atoms with Crippen LogP contribution in [0.3, 0.4) is 0 Å². The molecule has 0 saturated carbocycles. The smallest absolute Gasteiger partial charge is 0.319 e. The largest absolute Gasteiger partial charge is 0.454 e. The lowest BCUT2D eigenvalue weighted by atomic mass is 10.2. The second-order valence-corrected chi connectivity index (χ2v) is 6.61. The van der Waals surface area contributed by atoms with Gasteiger partial charge in [0.15, 0.2) is 11.5 Å². The number of amides is 2. The van der Waals surface area contributed by atoms with Gasteiger partial charge in [0.2, 0.25) is 6.79 Å². The first-order chi connectivity index (χ1) is 13.3. The molecule has 2 aliphatic heterocycles. The lowest BCUT2D eigenvalue weighted by Crippen LogP contribution is -2.48. The maximum Gasteiger partial charge on any atom is 0.319 e. The van der Waals surface area contributed by atoms with Gasteiger partial charge < -0.3 is 25.0 Å². The summed E-state index contributed by atoms with van der Waals surface area (Å²) < 4.78 is 10.6. The van der Waals surface area contributed by atoms with Crippen LogP contribution in [-0.2, 0) is 0 Å². The number of urea groups is 1. The van der Waals surface area contributed by atoms with Crippen molar-refractivity contribution >= 4 is 17.4 Å². The molecule has 0 radical (unpaired) electrons. The van der Waals surface area contributed by atoms with E-state index in [0.29, 0.717) is 23.7 Å². The Morgan fingerprint density at radius 3 is 2.56 bits per heavy atom. The number of carbonyl (C=O) groups excluding carboxylic acids is 1. The van der Waals surface area contributed by atoms with Crippen LogP contribution in [0.5, 0.6) is 11.5 Å². The normalized spacial score (nSPS) is 16.2. The van der Waals surface area contributed by atoms with Gasteiger partial charge in [-0.3, -0.25) is 4.90 Å². The third-order valence-corrected chi connectivity index (χ3v) is 4.84. The molecule has 0 bridgehead atoms. The van der Waals surface area contributed by atoms with Gasteiger partial charge in [0.05, 0.1) is 0 Å². The van der Waals surface area contributed by atoms with Crippen molar-refractivity contribution in [1.29, 1.82) is 0 Å². The summed E-state index contributed by atoms with van der Waals surface area (Å²) in [6, 6.07) is 15.6. The van der Waals surface area contributed by atoms with Crippen molar-refractivity contribution in [3.05, 3.63) is 48.5 Å². The van der Waals surface area contributed by atoms with E-state index in [1.165, 1.54) is 5.69 Å². The van der Waals surface area contributed by atoms with Gasteiger partial charge in [-0.1, -0.05) is 18.2 Å². The number of nitrogens with zero attached hydrogens (tertiary/aromatic N) is 2. The molecule has 7 nitrogen and oxygen atoms in total. The minimum atomic E-state index is -0.211. The average Bonchev–Trinajstić information content (AvgIpc) is 3.17. The molecular formula is C20H24N4O3. The van der Waals surface area contributed by atoms with E-state index in [4.69, 9.17) is 9.47 Å². The van der Waals surface area contributed by atoms with E-state index in [2.05, 4.69) is 44.7 Å². The van der Waals surface area contributed by atoms with E-state index >= 15 is 0 Å². The Hall–Kier alpha value is -2.93. The van der Waals surface area contributed by atoms with Crippen molar-refractivity contribution in [3.8, 4) is 11.5 Å². The molecule has 2 aliphatic rings. The molecule has 1 saturated heterocycles. The maximum atomic E-state index is 12.1. The van der Waals surface area contributed by atoms with Gasteiger partial charge in [0, 0.05) is 56.7 Å². The lowest BCUT2D eigenvalue weighted by Gasteiger charge is -2.36. The molecule has 0 spiro atoms. The minimum absolute atomic E-state index is 0.211. The van der Waals surface area contributed by atoms with E-state index in [9.17, 15) is 4.79 Å². The van der Waals surface area contributed by atoms with Crippen molar-refractivity contribution < 1.29 is 14.3 Å². The summed E-state index contributed by atoms with van der Waals surface area (Å²) in [6.07, 6.45) is 0. The average molecular weight is 368 g/mol. The topological polar surface area (TPSA) is 66.1 Å². The van der Waals surface area contributed by atoms with Gasteiger partial charge in [-0.25, -0.2) is 4.79 Å². The Kier molecular flexibility index (Phi) is 5.29. The fourth-order valence-corrected chi connectivity index (χ4v) is 3.35. The predicted molar refractivity (Wildman–Crippen MR) is 105 cm³/mol. The molecule has 0 aromatic heterocycles. The van der Waals surface area contributed by atoms with Gasteiger partial charge in [0.25, 0.3) is 0 Å². The molecule has 0 unspecified atom stereocenters. The highest BCUT2D eigenvalue weighted by atomic mass is 16.7. The fourth-order valence-electron chi connectivity index (χ4n) is 3.35. The number of hydrogen-bond donors (Lipinski definition) is 2. The SMILES string of the molecule is O=C(NCCN1CCN(c2ccccc2)CC1)Nc1ccc2c(c1)OCO2. The van der Waals surface area contributed by atoms with Crippen LogP contribution in [0.15, 0.2) is 48.5 Å². The highest BCUT2D eigenvalue weighted by Gasteiger charge is 2.17. The predicted octanol–water partition coefficient (Wildman–Crippen LogP) is 2.36. The second-order valence-electron chi connectivity index (χ2n) is 6.61. The summed E-state index contributed by atoms with van der Waals surface area (Å²) in [5.41, 5.74) is 1.96. The Balaban J connectivity index is 1.16. The van der Waals surface area contributed by atoms with Crippen LogP contribution in [0.1, 0.15) is 0 Å². The molecule has 2 N–H and O–H groups in total. The van der Waals surface area contributed by atoms with E-state index in [0.717, 1.165) is 32.7 Å². The van der Waals surface area contributed by atoms with E-state index in [-0.39, 0.29) is 12.8 Å². The van der Waals surface area contributed by atoms with Crippen LogP contribution in [0, 0.1) is 0 Å². The number of fused-ring (bicyclic) bond motifs is 1. The molecule has 27 heavy (non-hydrogen) atoms. The number of benzene rings is 2. The number of piperazine rings is 1. The molecule has 2 aromatic rings. The number of nitrogens with one attached hydrogen (secondary N) is 2. The van der Waals surface area contributed by atoms with Crippen LogP contribution >= 0.6 is 0 Å². The van der Waals surface area contributed by atoms with E-state index in [1.54, 1.807) is 18.2 Å². The first-order valence-corrected chi connectivity index (χ1v) is 9.25. The van der Waals surface area contributed by atoms with Gasteiger partial charge in [-0.2, -0.15) is 0 Å². The molecule has 2 heterocycles. The highest BCUT2D eigenvalue weighted by Crippen LogP contribution is 2.34. The summed E-state index contributed by atoms with van der Waals surface area (Å²) >= 11 is 0. The van der Waals surface area contributed by atoms with Crippen molar-refractivity contribution in [2.45, 2.75) is 0 Å². The number of ether oxygens (including phenoxy) is 2.